The Labute approximate surface area is 183 Å². The second-order valence-electron chi connectivity index (χ2n) is 7.24. The van der Waals surface area contributed by atoms with Gasteiger partial charge in [0, 0.05) is 24.0 Å². The van der Waals surface area contributed by atoms with E-state index in [0.29, 0.717) is 34.6 Å². The summed E-state index contributed by atoms with van der Waals surface area (Å²) in [6.45, 7) is 2.67. The van der Waals surface area contributed by atoms with E-state index in [-0.39, 0.29) is 17.9 Å². The van der Waals surface area contributed by atoms with Crippen LogP contribution in [0.4, 0.5) is 4.39 Å². The van der Waals surface area contributed by atoms with E-state index in [1.807, 2.05) is 37.3 Å². The van der Waals surface area contributed by atoms with E-state index in [4.69, 9.17) is 14.5 Å². The van der Waals surface area contributed by atoms with E-state index in [1.54, 1.807) is 24.9 Å². The van der Waals surface area contributed by atoms with Crippen molar-refractivity contribution < 1.29 is 13.9 Å². The molecule has 160 valence electrons. The smallest absolute Gasteiger partial charge is 0.263 e. The SMILES string of the molecule is COCCc1nc2sc(C)c(-c3cccc(OC)c3)c2c(=O)n1Cc1cccc(F)c1. The van der Waals surface area contributed by atoms with Crippen LogP contribution in [0.2, 0.25) is 0 Å². The van der Waals surface area contributed by atoms with Crippen LogP contribution in [0.15, 0.2) is 53.3 Å². The van der Waals surface area contributed by atoms with Crippen molar-refractivity contribution in [3.05, 3.63) is 81.0 Å². The van der Waals surface area contributed by atoms with Crippen molar-refractivity contribution in [3.63, 3.8) is 0 Å². The Morgan fingerprint density at radius 1 is 1.13 bits per heavy atom. The molecule has 2 heterocycles. The van der Waals surface area contributed by atoms with Crippen LogP contribution in [0.5, 0.6) is 5.75 Å². The fraction of sp³-hybridized carbons (Fsp3) is 0.250. The molecule has 0 aliphatic rings. The lowest BCUT2D eigenvalue weighted by atomic mass is 10.0. The van der Waals surface area contributed by atoms with Gasteiger partial charge in [-0.15, -0.1) is 11.3 Å². The van der Waals surface area contributed by atoms with Gasteiger partial charge in [0.2, 0.25) is 0 Å². The molecule has 0 saturated carbocycles. The number of halogens is 1. The molecule has 5 nitrogen and oxygen atoms in total. The van der Waals surface area contributed by atoms with Crippen molar-refractivity contribution in [1.29, 1.82) is 0 Å². The van der Waals surface area contributed by atoms with Crippen molar-refractivity contribution in [3.8, 4) is 16.9 Å². The first kappa shape index (κ1) is 21.2. The predicted molar refractivity (Wildman–Crippen MR) is 122 cm³/mol. The van der Waals surface area contributed by atoms with Crippen LogP contribution in [0.1, 0.15) is 16.3 Å². The lowest BCUT2D eigenvalue weighted by Gasteiger charge is -2.13. The first-order valence-corrected chi connectivity index (χ1v) is 10.7. The number of methoxy groups -OCH3 is 2. The normalized spacial score (nSPS) is 11.2. The highest BCUT2D eigenvalue weighted by molar-refractivity contribution is 7.19. The molecule has 0 bridgehead atoms. The molecule has 2 aromatic carbocycles. The minimum Gasteiger partial charge on any atom is -0.497 e. The topological polar surface area (TPSA) is 53.4 Å². The molecule has 0 N–H and O–H groups in total. The summed E-state index contributed by atoms with van der Waals surface area (Å²) in [5.41, 5.74) is 2.34. The third-order valence-corrected chi connectivity index (χ3v) is 6.18. The summed E-state index contributed by atoms with van der Waals surface area (Å²) < 4.78 is 26.0. The summed E-state index contributed by atoms with van der Waals surface area (Å²) >= 11 is 1.50. The first-order chi connectivity index (χ1) is 15.0. The molecular formula is C24H23FN2O3S. The average molecular weight is 439 g/mol. The van der Waals surface area contributed by atoms with E-state index < -0.39 is 0 Å². The molecule has 0 atom stereocenters. The minimum atomic E-state index is -0.332. The summed E-state index contributed by atoms with van der Waals surface area (Å²) in [7, 11) is 3.23. The molecule has 0 spiro atoms. The van der Waals surface area contributed by atoms with E-state index in [0.717, 1.165) is 21.8 Å². The maximum absolute atomic E-state index is 13.8. The van der Waals surface area contributed by atoms with Gasteiger partial charge < -0.3 is 9.47 Å². The summed E-state index contributed by atoms with van der Waals surface area (Å²) in [6, 6.07) is 13.9. The van der Waals surface area contributed by atoms with Crippen molar-refractivity contribution in [2.75, 3.05) is 20.8 Å². The van der Waals surface area contributed by atoms with Gasteiger partial charge in [-0.2, -0.15) is 0 Å². The number of aromatic nitrogens is 2. The zero-order valence-electron chi connectivity index (χ0n) is 17.6. The highest BCUT2D eigenvalue weighted by atomic mass is 32.1. The number of nitrogens with zero attached hydrogens (tertiary/aromatic N) is 2. The third-order valence-electron chi connectivity index (χ3n) is 5.18. The molecule has 0 radical (unpaired) electrons. The van der Waals surface area contributed by atoms with Crippen LogP contribution in [-0.2, 0) is 17.7 Å². The largest absolute Gasteiger partial charge is 0.497 e. The molecule has 0 unspecified atom stereocenters. The Bertz CT molecular complexity index is 1300. The number of hydrogen-bond donors (Lipinski definition) is 0. The zero-order chi connectivity index (χ0) is 22.0. The first-order valence-electron chi connectivity index (χ1n) is 9.92. The van der Waals surface area contributed by atoms with Crippen LogP contribution in [0, 0.1) is 12.7 Å². The second kappa shape index (κ2) is 8.99. The Morgan fingerprint density at radius 3 is 2.68 bits per heavy atom. The molecule has 0 fully saturated rings. The lowest BCUT2D eigenvalue weighted by Crippen LogP contribution is -2.26. The van der Waals surface area contributed by atoms with Gasteiger partial charge in [-0.05, 0) is 42.3 Å². The molecule has 4 aromatic rings. The average Bonchev–Trinajstić information content (AvgIpc) is 3.10. The van der Waals surface area contributed by atoms with E-state index in [1.165, 1.54) is 23.5 Å². The summed E-state index contributed by atoms with van der Waals surface area (Å²) in [6.07, 6.45) is 0.489. The number of hydrogen-bond acceptors (Lipinski definition) is 5. The predicted octanol–water partition coefficient (Wildman–Crippen LogP) is 4.82. The van der Waals surface area contributed by atoms with Crippen LogP contribution < -0.4 is 10.3 Å². The molecular weight excluding hydrogens is 415 g/mol. The number of ether oxygens (including phenoxy) is 2. The molecule has 0 aliphatic carbocycles. The molecule has 0 amide bonds. The van der Waals surface area contributed by atoms with Gasteiger partial charge in [-0.3, -0.25) is 9.36 Å². The van der Waals surface area contributed by atoms with Gasteiger partial charge in [0.15, 0.2) is 0 Å². The number of benzene rings is 2. The second-order valence-corrected chi connectivity index (χ2v) is 8.44. The molecule has 31 heavy (non-hydrogen) atoms. The monoisotopic (exact) mass is 438 g/mol. The Kier molecular flexibility index (Phi) is 6.15. The molecule has 2 aromatic heterocycles. The van der Waals surface area contributed by atoms with Crippen LogP contribution in [-0.4, -0.2) is 30.4 Å². The van der Waals surface area contributed by atoms with Crippen LogP contribution >= 0.6 is 11.3 Å². The maximum atomic E-state index is 13.8. The minimum absolute atomic E-state index is 0.137. The van der Waals surface area contributed by atoms with Crippen LogP contribution in [0.3, 0.4) is 0 Å². The maximum Gasteiger partial charge on any atom is 0.263 e. The van der Waals surface area contributed by atoms with Crippen molar-refractivity contribution in [1.82, 2.24) is 9.55 Å². The molecule has 4 rings (SSSR count). The van der Waals surface area contributed by atoms with E-state index in [2.05, 4.69) is 0 Å². The standard InChI is InChI=1S/C24H23FN2O3S/c1-15-21(17-7-5-9-19(13-17)30-3)22-23(31-15)26-20(10-11-29-2)27(24(22)28)14-16-6-4-8-18(25)12-16/h4-9,12-13H,10-11,14H2,1-3H3. The summed E-state index contributed by atoms with van der Waals surface area (Å²) in [5, 5.41) is 0.577. The van der Waals surface area contributed by atoms with Gasteiger partial charge >= 0.3 is 0 Å². The quantitative estimate of drug-likeness (QED) is 0.415. The zero-order valence-corrected chi connectivity index (χ0v) is 18.5. The van der Waals surface area contributed by atoms with Crippen LogP contribution in [0.25, 0.3) is 21.3 Å². The number of fused-ring (bicyclic) bond motifs is 1. The molecule has 7 heteroatoms. The summed E-state index contributed by atoms with van der Waals surface area (Å²) in [5.74, 6) is 1.02. The van der Waals surface area contributed by atoms with Gasteiger partial charge in [-0.25, -0.2) is 9.37 Å². The highest BCUT2D eigenvalue weighted by Crippen LogP contribution is 2.37. The van der Waals surface area contributed by atoms with Gasteiger partial charge in [-0.1, -0.05) is 24.3 Å². The van der Waals surface area contributed by atoms with Gasteiger partial charge in [0.1, 0.15) is 22.2 Å². The van der Waals surface area contributed by atoms with Crippen molar-refractivity contribution in [2.24, 2.45) is 0 Å². The summed E-state index contributed by atoms with van der Waals surface area (Å²) in [4.78, 5) is 20.3. The highest BCUT2D eigenvalue weighted by Gasteiger charge is 2.20. The van der Waals surface area contributed by atoms with Crippen molar-refractivity contribution in [2.45, 2.75) is 19.9 Å². The number of thiophene rings is 1. The van der Waals surface area contributed by atoms with Gasteiger partial charge in [0.25, 0.3) is 5.56 Å². The fourth-order valence-corrected chi connectivity index (χ4v) is 4.78. The molecule has 0 saturated heterocycles. The van der Waals surface area contributed by atoms with Gasteiger partial charge in [0.05, 0.1) is 25.6 Å². The third kappa shape index (κ3) is 4.24. The van der Waals surface area contributed by atoms with E-state index >= 15 is 0 Å². The Balaban J connectivity index is 1.94. The number of rotatable bonds is 7. The lowest BCUT2D eigenvalue weighted by molar-refractivity contribution is 0.199. The Hall–Kier alpha value is -3.03. The fourth-order valence-electron chi connectivity index (χ4n) is 3.73. The molecule has 0 aliphatic heterocycles. The number of aryl methyl sites for hydroxylation is 1. The Morgan fingerprint density at radius 2 is 1.94 bits per heavy atom. The van der Waals surface area contributed by atoms with E-state index in [9.17, 15) is 9.18 Å². The van der Waals surface area contributed by atoms with Crippen molar-refractivity contribution >= 4 is 21.6 Å².